The van der Waals surface area contributed by atoms with Gasteiger partial charge in [0.1, 0.15) is 5.82 Å². The van der Waals surface area contributed by atoms with Crippen molar-refractivity contribution in [2.24, 2.45) is 5.92 Å². The minimum absolute atomic E-state index is 0.0203. The molecule has 1 unspecified atom stereocenters. The molecule has 2 aromatic carbocycles. The van der Waals surface area contributed by atoms with Crippen LogP contribution in [0.3, 0.4) is 0 Å². The molecule has 0 saturated carbocycles. The van der Waals surface area contributed by atoms with E-state index in [0.717, 1.165) is 15.0 Å². The molecule has 3 aromatic rings. The summed E-state index contributed by atoms with van der Waals surface area (Å²) in [7, 11) is -2.29. The topological polar surface area (TPSA) is 133 Å². The Morgan fingerprint density at radius 1 is 1.12 bits per heavy atom. The normalized spacial score (nSPS) is 13.4. The third-order valence-electron chi connectivity index (χ3n) is 6.43. The fourth-order valence-corrected chi connectivity index (χ4v) is 4.65. The molecule has 0 spiro atoms. The largest absolute Gasteiger partial charge is 0.396 e. The van der Waals surface area contributed by atoms with Gasteiger partial charge < -0.3 is 15.5 Å². The van der Waals surface area contributed by atoms with Gasteiger partial charge in [0.2, 0.25) is 21.9 Å². The lowest BCUT2D eigenvalue weighted by Crippen LogP contribution is -2.28. The second kappa shape index (κ2) is 14.1. The van der Waals surface area contributed by atoms with Crippen LogP contribution in [0.4, 0.5) is 16.0 Å². The number of rotatable bonds is 12. The summed E-state index contributed by atoms with van der Waals surface area (Å²) in [5.74, 6) is -1.60. The Labute approximate surface area is 248 Å². The highest BCUT2D eigenvalue weighted by Crippen LogP contribution is 2.32. The molecule has 2 atom stereocenters. The fraction of sp³-hybridized carbons (Fsp3) is 0.345. The number of amides is 1. The molecule has 0 aliphatic rings. The Morgan fingerprint density at radius 3 is 2.32 bits per heavy atom. The van der Waals surface area contributed by atoms with Gasteiger partial charge in [-0.05, 0) is 60.9 Å². The second-order valence-corrected chi connectivity index (χ2v) is 12.9. The molecule has 9 nitrogen and oxygen atoms in total. The molecule has 220 valence electrons. The van der Waals surface area contributed by atoms with Crippen LogP contribution in [0, 0.1) is 11.7 Å². The number of nitrogens with zero attached hydrogens (tertiary/aromatic N) is 3. The van der Waals surface area contributed by atoms with E-state index in [1.54, 1.807) is 48.6 Å². The van der Waals surface area contributed by atoms with Crippen molar-refractivity contribution in [1.29, 1.82) is 0 Å². The van der Waals surface area contributed by atoms with Crippen molar-refractivity contribution in [3.63, 3.8) is 0 Å². The minimum Gasteiger partial charge on any atom is -0.396 e. The number of hydrogen-bond donors (Lipinski definition) is 3. The Hall–Kier alpha value is -3.19. The molecule has 1 amide bonds. The summed E-state index contributed by atoms with van der Waals surface area (Å²) in [5.41, 5.74) is 2.71. The first-order valence-corrected chi connectivity index (χ1v) is 15.6. The first-order chi connectivity index (χ1) is 19.3. The van der Waals surface area contributed by atoms with Crippen molar-refractivity contribution >= 4 is 49.6 Å². The predicted molar refractivity (Wildman–Crippen MR) is 162 cm³/mol. The number of aromatic nitrogens is 2. The van der Waals surface area contributed by atoms with Crippen LogP contribution >= 0.6 is 15.9 Å². The molecule has 0 aliphatic heterocycles. The number of halogens is 2. The third-order valence-corrected chi connectivity index (χ3v) is 8.12. The van der Waals surface area contributed by atoms with Crippen molar-refractivity contribution in [1.82, 2.24) is 9.97 Å². The van der Waals surface area contributed by atoms with E-state index in [1.807, 2.05) is 13.8 Å². The second-order valence-electron chi connectivity index (χ2n) is 9.97. The molecule has 3 rings (SSSR count). The van der Waals surface area contributed by atoms with E-state index in [-0.39, 0.29) is 37.2 Å². The van der Waals surface area contributed by atoms with Crippen LogP contribution in [0.15, 0.2) is 59.1 Å². The lowest BCUT2D eigenvalue weighted by molar-refractivity contribution is -0.119. The summed E-state index contributed by atoms with van der Waals surface area (Å²) in [6, 6.07) is 12.7. The van der Waals surface area contributed by atoms with Gasteiger partial charge in [-0.25, -0.2) is 27.1 Å². The number of carbonyl (C=O) groups excluding carboxylic acids is 1. The highest BCUT2D eigenvalue weighted by molar-refractivity contribution is 9.10. The van der Waals surface area contributed by atoms with Crippen molar-refractivity contribution in [3.8, 4) is 11.3 Å². The average molecular weight is 650 g/mol. The van der Waals surface area contributed by atoms with Gasteiger partial charge in [-0.3, -0.25) is 4.79 Å². The fourth-order valence-electron chi connectivity index (χ4n) is 4.01. The van der Waals surface area contributed by atoms with Crippen molar-refractivity contribution in [2.75, 3.05) is 29.5 Å². The molecule has 41 heavy (non-hydrogen) atoms. The molecular weight excluding hydrogens is 615 g/mol. The SMILES string of the molecule is CC(C)c1nc(N(C)S(C)(=O)=O)nc(-c2ccc(F)cc2)c1/C=C/CC(CO)[C@@H](O)CC(=O)Nc1ccc(Br)cc1. The van der Waals surface area contributed by atoms with Gasteiger partial charge in [0, 0.05) is 40.9 Å². The van der Waals surface area contributed by atoms with E-state index in [1.165, 1.54) is 19.2 Å². The van der Waals surface area contributed by atoms with Crippen LogP contribution in [0.2, 0.25) is 0 Å². The summed E-state index contributed by atoms with van der Waals surface area (Å²) in [6.07, 6.45) is 3.46. The van der Waals surface area contributed by atoms with Gasteiger partial charge >= 0.3 is 0 Å². The molecule has 0 fully saturated rings. The number of nitrogens with one attached hydrogen (secondary N) is 1. The zero-order chi connectivity index (χ0) is 30.3. The zero-order valence-electron chi connectivity index (χ0n) is 23.3. The molecule has 0 radical (unpaired) electrons. The van der Waals surface area contributed by atoms with Crippen molar-refractivity contribution in [3.05, 3.63) is 76.2 Å². The van der Waals surface area contributed by atoms with Crippen LogP contribution in [-0.2, 0) is 14.8 Å². The Morgan fingerprint density at radius 2 is 1.76 bits per heavy atom. The standard InChI is InChI=1S/C29H34BrFN4O5S/c1-18(2)27-24(28(19-8-12-22(31)13-9-19)34-29(33-27)35(3)41(4,39)40)7-5-6-20(17-36)25(37)16-26(38)32-23-14-10-21(30)11-15-23/h5,7-15,18,20,25,36-37H,6,16-17H2,1-4H3,(H,32,38)/b7-5+/t20?,25-/m0/s1. The molecule has 0 bridgehead atoms. The summed E-state index contributed by atoms with van der Waals surface area (Å²) >= 11 is 3.34. The van der Waals surface area contributed by atoms with E-state index in [9.17, 15) is 27.8 Å². The average Bonchev–Trinajstić information content (AvgIpc) is 2.91. The molecule has 1 aromatic heterocycles. The predicted octanol–water partition coefficient (Wildman–Crippen LogP) is 4.97. The highest BCUT2D eigenvalue weighted by Gasteiger charge is 2.23. The van der Waals surface area contributed by atoms with Gasteiger partial charge in [0.05, 0.1) is 30.2 Å². The molecule has 0 aliphatic carbocycles. The number of aliphatic hydroxyl groups excluding tert-OH is 2. The Bertz CT molecular complexity index is 1480. The maximum Gasteiger partial charge on any atom is 0.239 e. The van der Waals surface area contributed by atoms with Gasteiger partial charge in [0.15, 0.2) is 0 Å². The number of allylic oxidation sites excluding steroid dienone is 1. The molecule has 12 heteroatoms. The summed E-state index contributed by atoms with van der Waals surface area (Å²) in [5, 5.41) is 23.4. The summed E-state index contributed by atoms with van der Waals surface area (Å²) < 4.78 is 40.0. The van der Waals surface area contributed by atoms with Crippen molar-refractivity contribution < 1.29 is 27.8 Å². The molecule has 3 N–H and O–H groups in total. The summed E-state index contributed by atoms with van der Waals surface area (Å²) in [6.45, 7) is 3.46. The third kappa shape index (κ3) is 8.90. The van der Waals surface area contributed by atoms with Crippen LogP contribution in [0.5, 0.6) is 0 Å². The number of aliphatic hydroxyl groups is 2. The van der Waals surface area contributed by atoms with Crippen LogP contribution < -0.4 is 9.62 Å². The maximum atomic E-state index is 13.7. The smallest absolute Gasteiger partial charge is 0.239 e. The van der Waals surface area contributed by atoms with E-state index < -0.39 is 27.9 Å². The van der Waals surface area contributed by atoms with Crippen molar-refractivity contribution in [2.45, 2.75) is 38.7 Å². The number of hydrogen-bond acceptors (Lipinski definition) is 7. The van der Waals surface area contributed by atoms with E-state index in [0.29, 0.717) is 28.2 Å². The number of anilines is 2. The maximum absolute atomic E-state index is 13.7. The molecular formula is C29H34BrFN4O5S. The van der Waals surface area contributed by atoms with Gasteiger partial charge in [-0.1, -0.05) is 41.9 Å². The number of benzene rings is 2. The Kier molecular flexibility index (Phi) is 11.1. The molecule has 1 heterocycles. The lowest BCUT2D eigenvalue weighted by Gasteiger charge is -2.21. The minimum atomic E-state index is -3.65. The molecule has 0 saturated heterocycles. The first-order valence-electron chi connectivity index (χ1n) is 12.9. The Balaban J connectivity index is 1.89. The van der Waals surface area contributed by atoms with Crippen LogP contribution in [0.1, 0.15) is 43.9 Å². The first kappa shape index (κ1) is 32.3. The quantitative estimate of drug-likeness (QED) is 0.253. The monoisotopic (exact) mass is 648 g/mol. The van der Waals surface area contributed by atoms with E-state index in [2.05, 4.69) is 31.2 Å². The van der Waals surface area contributed by atoms with E-state index in [4.69, 9.17) is 0 Å². The van der Waals surface area contributed by atoms with Crippen LogP contribution in [0.25, 0.3) is 17.3 Å². The van der Waals surface area contributed by atoms with Gasteiger partial charge in [-0.15, -0.1) is 0 Å². The highest BCUT2D eigenvalue weighted by atomic mass is 79.9. The van der Waals surface area contributed by atoms with Gasteiger partial charge in [-0.2, -0.15) is 0 Å². The number of sulfonamides is 1. The van der Waals surface area contributed by atoms with Crippen LogP contribution in [-0.4, -0.2) is 60.5 Å². The summed E-state index contributed by atoms with van der Waals surface area (Å²) in [4.78, 5) is 21.5. The van der Waals surface area contributed by atoms with E-state index >= 15 is 0 Å². The zero-order valence-corrected chi connectivity index (χ0v) is 25.7. The lowest BCUT2D eigenvalue weighted by atomic mass is 9.94. The number of carbonyl (C=O) groups is 1. The van der Waals surface area contributed by atoms with Gasteiger partial charge in [0.25, 0.3) is 0 Å².